The van der Waals surface area contributed by atoms with Gasteiger partial charge in [0.05, 0.1) is 4.47 Å². The first kappa shape index (κ1) is 15.8. The molecule has 0 unspecified atom stereocenters. The molecule has 0 aromatic heterocycles. The second kappa shape index (κ2) is 8.01. The molecule has 1 aromatic rings. The minimum atomic E-state index is -0.439. The Hall–Kier alpha value is -1.27. The van der Waals surface area contributed by atoms with Crippen molar-refractivity contribution in [1.82, 2.24) is 10.9 Å². The normalized spacial score (nSPS) is 9.84. The van der Waals surface area contributed by atoms with Gasteiger partial charge < -0.3 is 4.74 Å². The molecule has 0 atom stereocenters. The van der Waals surface area contributed by atoms with Gasteiger partial charge in [-0.1, -0.05) is 18.5 Å². The molecule has 1 rings (SSSR count). The second-order valence-corrected chi connectivity index (χ2v) is 5.00. The third kappa shape index (κ3) is 5.94. The van der Waals surface area contributed by atoms with Crippen molar-refractivity contribution >= 4 is 39.3 Å². The topological polar surface area (TPSA) is 67.4 Å². The first-order chi connectivity index (χ1) is 9.02. The van der Waals surface area contributed by atoms with Crippen LogP contribution in [0.5, 0.6) is 5.75 Å². The molecule has 0 radical (unpaired) electrons. The molecular weight excluding hydrogens is 336 g/mol. The van der Waals surface area contributed by atoms with Crippen molar-refractivity contribution in [2.45, 2.75) is 19.8 Å². The summed E-state index contributed by atoms with van der Waals surface area (Å²) in [5, 5.41) is 0.565. The van der Waals surface area contributed by atoms with Gasteiger partial charge in [0.2, 0.25) is 5.91 Å². The number of nitrogens with one attached hydrogen (secondary N) is 2. The Morgan fingerprint density at radius 1 is 1.32 bits per heavy atom. The molecule has 0 saturated heterocycles. The van der Waals surface area contributed by atoms with E-state index in [1.807, 2.05) is 6.92 Å². The molecule has 0 aliphatic carbocycles. The number of benzene rings is 1. The van der Waals surface area contributed by atoms with Crippen molar-refractivity contribution in [3.05, 3.63) is 27.7 Å². The van der Waals surface area contributed by atoms with Crippen LogP contribution in [0.1, 0.15) is 19.8 Å². The van der Waals surface area contributed by atoms with Crippen molar-refractivity contribution in [2.75, 3.05) is 6.61 Å². The Balaban J connectivity index is 2.36. The van der Waals surface area contributed by atoms with E-state index in [9.17, 15) is 9.59 Å². The Morgan fingerprint density at radius 2 is 2.00 bits per heavy atom. The van der Waals surface area contributed by atoms with E-state index in [0.29, 0.717) is 21.7 Å². The van der Waals surface area contributed by atoms with Crippen molar-refractivity contribution in [3.8, 4) is 5.75 Å². The lowest BCUT2D eigenvalue weighted by Gasteiger charge is -2.09. The Morgan fingerprint density at radius 3 is 2.63 bits per heavy atom. The van der Waals surface area contributed by atoms with E-state index in [4.69, 9.17) is 16.3 Å². The predicted octanol–water partition coefficient (Wildman–Crippen LogP) is 2.43. The summed E-state index contributed by atoms with van der Waals surface area (Å²) in [6.45, 7) is 1.68. The number of hydrogen-bond donors (Lipinski definition) is 2. The standard InChI is InChI=1S/C12H14BrClN2O3/c1-2-3-11(17)15-16-12(18)7-19-10-5-4-8(14)6-9(10)13/h4-6H,2-3,7H2,1H3,(H,15,17)(H,16,18). The summed E-state index contributed by atoms with van der Waals surface area (Å²) in [7, 11) is 0. The number of rotatable bonds is 5. The van der Waals surface area contributed by atoms with E-state index in [1.54, 1.807) is 18.2 Å². The van der Waals surface area contributed by atoms with Crippen molar-refractivity contribution in [2.24, 2.45) is 0 Å². The first-order valence-electron chi connectivity index (χ1n) is 5.68. The van der Waals surface area contributed by atoms with Gasteiger partial charge in [-0.3, -0.25) is 20.4 Å². The fourth-order valence-corrected chi connectivity index (χ4v) is 2.00. The van der Waals surface area contributed by atoms with Gasteiger partial charge >= 0.3 is 0 Å². The molecule has 2 amide bonds. The van der Waals surface area contributed by atoms with Crippen LogP contribution in [0.3, 0.4) is 0 Å². The SMILES string of the molecule is CCCC(=O)NNC(=O)COc1ccc(Cl)cc1Br. The van der Waals surface area contributed by atoms with E-state index in [-0.39, 0.29) is 12.5 Å². The van der Waals surface area contributed by atoms with E-state index in [2.05, 4.69) is 26.8 Å². The number of amides is 2. The minimum Gasteiger partial charge on any atom is -0.483 e. The summed E-state index contributed by atoms with van der Waals surface area (Å²) in [5.41, 5.74) is 4.56. The van der Waals surface area contributed by atoms with E-state index < -0.39 is 5.91 Å². The number of ether oxygens (including phenoxy) is 1. The second-order valence-electron chi connectivity index (χ2n) is 3.71. The van der Waals surface area contributed by atoms with Crippen molar-refractivity contribution in [1.29, 1.82) is 0 Å². The molecule has 2 N–H and O–H groups in total. The molecule has 0 aliphatic heterocycles. The van der Waals surface area contributed by atoms with E-state index >= 15 is 0 Å². The summed E-state index contributed by atoms with van der Waals surface area (Å²) in [6.07, 6.45) is 1.08. The number of hydrogen-bond acceptors (Lipinski definition) is 3. The molecule has 0 aliphatic rings. The Labute approximate surface area is 124 Å². The van der Waals surface area contributed by atoms with Gasteiger partial charge in [-0.15, -0.1) is 0 Å². The van der Waals surface area contributed by atoms with Crippen LogP contribution >= 0.6 is 27.5 Å². The third-order valence-corrected chi connectivity index (χ3v) is 2.93. The molecule has 0 saturated carbocycles. The Bertz CT molecular complexity index is 468. The van der Waals surface area contributed by atoms with Gasteiger partial charge in [0.1, 0.15) is 5.75 Å². The maximum Gasteiger partial charge on any atom is 0.276 e. The molecule has 1 aromatic carbocycles. The summed E-state index contributed by atoms with van der Waals surface area (Å²) < 4.78 is 5.93. The summed E-state index contributed by atoms with van der Waals surface area (Å²) in [4.78, 5) is 22.5. The third-order valence-electron chi connectivity index (χ3n) is 2.07. The van der Waals surface area contributed by atoms with Crippen LogP contribution in [0, 0.1) is 0 Å². The van der Waals surface area contributed by atoms with Gasteiger partial charge in [0.25, 0.3) is 5.91 Å². The molecule has 19 heavy (non-hydrogen) atoms. The first-order valence-corrected chi connectivity index (χ1v) is 6.85. The van der Waals surface area contributed by atoms with E-state index in [1.165, 1.54) is 0 Å². The average Bonchev–Trinajstić information content (AvgIpc) is 2.35. The lowest BCUT2D eigenvalue weighted by molar-refractivity contribution is -0.130. The maximum absolute atomic E-state index is 11.4. The quantitative estimate of drug-likeness (QED) is 0.802. The van der Waals surface area contributed by atoms with Crippen molar-refractivity contribution in [3.63, 3.8) is 0 Å². The molecule has 0 fully saturated rings. The van der Waals surface area contributed by atoms with Crippen LogP contribution < -0.4 is 15.6 Å². The number of carbonyl (C=O) groups excluding carboxylic acids is 2. The van der Waals surface area contributed by atoms with Gasteiger partial charge in [0, 0.05) is 11.4 Å². The van der Waals surface area contributed by atoms with Crippen LogP contribution in [-0.4, -0.2) is 18.4 Å². The largest absolute Gasteiger partial charge is 0.483 e. The zero-order valence-corrected chi connectivity index (χ0v) is 12.7. The molecule has 7 heteroatoms. The zero-order valence-electron chi connectivity index (χ0n) is 10.3. The van der Waals surface area contributed by atoms with Crippen LogP contribution in [0.15, 0.2) is 22.7 Å². The highest BCUT2D eigenvalue weighted by Crippen LogP contribution is 2.27. The van der Waals surface area contributed by atoms with Crippen LogP contribution in [0.4, 0.5) is 0 Å². The number of halogens is 2. The van der Waals surface area contributed by atoms with Gasteiger partial charge in [-0.05, 0) is 40.5 Å². The van der Waals surface area contributed by atoms with Gasteiger partial charge in [-0.25, -0.2) is 0 Å². The number of hydrazine groups is 1. The Kier molecular flexibility index (Phi) is 6.66. The zero-order chi connectivity index (χ0) is 14.3. The predicted molar refractivity (Wildman–Crippen MR) is 75.8 cm³/mol. The monoisotopic (exact) mass is 348 g/mol. The van der Waals surface area contributed by atoms with Crippen LogP contribution in [-0.2, 0) is 9.59 Å². The molecule has 5 nitrogen and oxygen atoms in total. The van der Waals surface area contributed by atoms with Crippen LogP contribution in [0.2, 0.25) is 5.02 Å². The molecule has 0 spiro atoms. The van der Waals surface area contributed by atoms with Crippen molar-refractivity contribution < 1.29 is 14.3 Å². The fourth-order valence-electron chi connectivity index (χ4n) is 1.20. The highest BCUT2D eigenvalue weighted by Gasteiger charge is 2.07. The maximum atomic E-state index is 11.4. The van der Waals surface area contributed by atoms with E-state index in [0.717, 1.165) is 6.42 Å². The van der Waals surface area contributed by atoms with Crippen LogP contribution in [0.25, 0.3) is 0 Å². The summed E-state index contributed by atoms with van der Waals surface area (Å²) in [6, 6.07) is 4.97. The lowest BCUT2D eigenvalue weighted by Crippen LogP contribution is -2.43. The lowest BCUT2D eigenvalue weighted by atomic mass is 10.3. The highest BCUT2D eigenvalue weighted by molar-refractivity contribution is 9.10. The summed E-state index contributed by atoms with van der Waals surface area (Å²) in [5.74, 6) is -0.172. The molecule has 0 heterocycles. The minimum absolute atomic E-state index is 0.202. The molecule has 104 valence electrons. The number of carbonyl (C=O) groups is 2. The molecular formula is C12H14BrClN2O3. The van der Waals surface area contributed by atoms with Gasteiger partial charge in [-0.2, -0.15) is 0 Å². The average molecular weight is 350 g/mol. The fraction of sp³-hybridized carbons (Fsp3) is 0.333. The highest BCUT2D eigenvalue weighted by atomic mass is 79.9. The summed E-state index contributed by atoms with van der Waals surface area (Å²) >= 11 is 9.05. The smallest absolute Gasteiger partial charge is 0.276 e. The molecule has 0 bridgehead atoms. The van der Waals surface area contributed by atoms with Gasteiger partial charge in [0.15, 0.2) is 6.61 Å².